The maximum Gasteiger partial charge on any atom is 0.319 e. The van der Waals surface area contributed by atoms with Crippen LogP contribution in [-0.2, 0) is 12.8 Å². The minimum Gasteiger partial charge on any atom is -0.333 e. The molecule has 1 aromatic heterocycles. The van der Waals surface area contributed by atoms with Crippen LogP contribution in [0.5, 0.6) is 0 Å². The van der Waals surface area contributed by atoms with Crippen LogP contribution < -0.4 is 0 Å². The van der Waals surface area contributed by atoms with Gasteiger partial charge in [-0.1, -0.05) is 0 Å². The molecule has 6 heteroatoms. The average molecular weight is 356 g/mol. The van der Waals surface area contributed by atoms with Gasteiger partial charge in [-0.05, 0) is 56.1 Å². The molecule has 2 bridgehead atoms. The number of urea groups is 1. The van der Waals surface area contributed by atoms with Crippen LogP contribution in [0.1, 0.15) is 47.3 Å². The number of hydrogen-bond acceptors (Lipinski definition) is 3. The van der Waals surface area contributed by atoms with Crippen molar-refractivity contribution in [2.24, 2.45) is 5.92 Å². The number of pyridine rings is 1. The summed E-state index contributed by atoms with van der Waals surface area (Å²) in [5.41, 5.74) is 3.11. The van der Waals surface area contributed by atoms with Crippen LogP contribution in [0.4, 0.5) is 4.79 Å². The highest BCUT2D eigenvalue weighted by atomic mass is 16.2. The molecule has 3 saturated heterocycles. The number of fused-ring (bicyclic) bond motifs is 5. The standard InChI is InChI=1S/C20H28N4O2/c1-22(2)20(26)23-11-14-7-8-17(13-23)24(12-14)19(25)16-9-15-5-3-4-6-18(15)21-10-16/h9-10,14,17H,3-8,11-13H2,1-2H3/t14-,17+/m1/s1. The Balaban J connectivity index is 1.54. The van der Waals surface area contributed by atoms with Crippen LogP contribution in [0.25, 0.3) is 0 Å². The number of carbonyl (C=O) groups is 2. The number of hydrogen-bond donors (Lipinski definition) is 0. The van der Waals surface area contributed by atoms with Crippen LogP contribution in [0.2, 0.25) is 0 Å². The zero-order chi connectivity index (χ0) is 18.3. The summed E-state index contributed by atoms with van der Waals surface area (Å²) in [4.78, 5) is 35.7. The third-order valence-corrected chi connectivity index (χ3v) is 6.04. The van der Waals surface area contributed by atoms with E-state index in [9.17, 15) is 9.59 Å². The minimum absolute atomic E-state index is 0.0478. The van der Waals surface area contributed by atoms with E-state index in [-0.39, 0.29) is 18.0 Å². The Morgan fingerprint density at radius 3 is 2.73 bits per heavy atom. The molecule has 0 N–H and O–H groups in total. The summed E-state index contributed by atoms with van der Waals surface area (Å²) in [5.74, 6) is 0.451. The van der Waals surface area contributed by atoms with E-state index in [1.165, 1.54) is 18.4 Å². The van der Waals surface area contributed by atoms with Gasteiger partial charge < -0.3 is 14.7 Å². The van der Waals surface area contributed by atoms with Crippen LogP contribution in [0, 0.1) is 5.92 Å². The molecule has 6 nitrogen and oxygen atoms in total. The Morgan fingerprint density at radius 2 is 1.92 bits per heavy atom. The highest BCUT2D eigenvalue weighted by molar-refractivity contribution is 5.94. The first-order chi connectivity index (χ1) is 12.5. The Labute approximate surface area is 155 Å². The first-order valence-corrected chi connectivity index (χ1v) is 9.78. The average Bonchev–Trinajstić information content (AvgIpc) is 2.98. The SMILES string of the molecule is CN(C)C(=O)N1C[C@H]2CC[C@@H](C1)N(C(=O)c1cnc3c(c1)CCCC3)C2. The molecule has 1 aliphatic carbocycles. The quantitative estimate of drug-likeness (QED) is 0.775. The minimum atomic E-state index is 0.0478. The molecule has 26 heavy (non-hydrogen) atoms. The zero-order valence-electron chi connectivity index (χ0n) is 15.8. The molecule has 0 radical (unpaired) electrons. The van der Waals surface area contributed by atoms with E-state index in [0.717, 1.165) is 44.5 Å². The molecular weight excluding hydrogens is 328 g/mol. The lowest BCUT2D eigenvalue weighted by molar-refractivity contribution is 0.0585. The van der Waals surface area contributed by atoms with Crippen LogP contribution in [-0.4, -0.2) is 71.4 Å². The molecule has 4 heterocycles. The van der Waals surface area contributed by atoms with Crippen molar-refractivity contribution >= 4 is 11.9 Å². The molecule has 4 aliphatic rings. The van der Waals surface area contributed by atoms with Gasteiger partial charge in [0.2, 0.25) is 0 Å². The lowest BCUT2D eigenvalue weighted by Gasteiger charge is -2.36. The summed E-state index contributed by atoms with van der Waals surface area (Å²) < 4.78 is 0. The first-order valence-electron chi connectivity index (χ1n) is 9.78. The van der Waals surface area contributed by atoms with E-state index in [1.54, 1.807) is 25.2 Å². The Hall–Kier alpha value is -2.11. The van der Waals surface area contributed by atoms with Crippen LogP contribution in [0.3, 0.4) is 0 Å². The number of carbonyl (C=O) groups excluding carboxylic acids is 2. The summed E-state index contributed by atoms with van der Waals surface area (Å²) in [7, 11) is 3.58. The molecular formula is C20H28N4O2. The smallest absolute Gasteiger partial charge is 0.319 e. The fourth-order valence-electron chi connectivity index (χ4n) is 4.64. The van der Waals surface area contributed by atoms with Gasteiger partial charge in [-0.3, -0.25) is 9.78 Å². The second kappa shape index (κ2) is 6.89. The summed E-state index contributed by atoms with van der Waals surface area (Å²) in [6.07, 6.45) is 8.26. The number of nitrogens with zero attached hydrogens (tertiary/aromatic N) is 4. The van der Waals surface area contributed by atoms with E-state index in [0.29, 0.717) is 18.0 Å². The Bertz CT molecular complexity index is 718. The van der Waals surface area contributed by atoms with Crippen molar-refractivity contribution in [2.75, 3.05) is 33.7 Å². The van der Waals surface area contributed by atoms with Crippen molar-refractivity contribution in [1.82, 2.24) is 19.7 Å². The van der Waals surface area contributed by atoms with Crippen molar-refractivity contribution in [3.05, 3.63) is 29.1 Å². The van der Waals surface area contributed by atoms with Gasteiger partial charge in [0.25, 0.3) is 5.91 Å². The predicted octanol–water partition coefficient (Wildman–Crippen LogP) is 2.18. The van der Waals surface area contributed by atoms with Gasteiger partial charge in [0.15, 0.2) is 0 Å². The molecule has 0 saturated carbocycles. The molecule has 0 unspecified atom stereocenters. The highest BCUT2D eigenvalue weighted by Gasteiger charge is 2.39. The lowest BCUT2D eigenvalue weighted by atomic mass is 9.93. The topological polar surface area (TPSA) is 56.8 Å². The molecule has 3 fully saturated rings. The van der Waals surface area contributed by atoms with E-state index in [4.69, 9.17) is 0 Å². The predicted molar refractivity (Wildman–Crippen MR) is 99.1 cm³/mol. The normalized spacial score (nSPS) is 24.8. The van der Waals surface area contributed by atoms with Crippen molar-refractivity contribution < 1.29 is 9.59 Å². The van der Waals surface area contributed by atoms with E-state index in [2.05, 4.69) is 11.1 Å². The fourth-order valence-corrected chi connectivity index (χ4v) is 4.64. The summed E-state index contributed by atoms with van der Waals surface area (Å²) >= 11 is 0. The van der Waals surface area contributed by atoms with Gasteiger partial charge in [0.05, 0.1) is 5.56 Å². The molecule has 2 atom stereocenters. The largest absolute Gasteiger partial charge is 0.333 e. The highest BCUT2D eigenvalue weighted by Crippen LogP contribution is 2.30. The van der Waals surface area contributed by atoms with Crippen LogP contribution in [0.15, 0.2) is 12.3 Å². The van der Waals surface area contributed by atoms with Crippen molar-refractivity contribution in [3.8, 4) is 0 Å². The van der Waals surface area contributed by atoms with Crippen molar-refractivity contribution in [1.29, 1.82) is 0 Å². The van der Waals surface area contributed by atoms with Gasteiger partial charge in [-0.25, -0.2) is 4.79 Å². The number of piperidine rings is 1. The second-order valence-corrected chi connectivity index (χ2v) is 8.17. The number of aromatic nitrogens is 1. The lowest BCUT2D eigenvalue weighted by Crippen LogP contribution is -2.48. The van der Waals surface area contributed by atoms with E-state index < -0.39 is 0 Å². The fraction of sp³-hybridized carbons (Fsp3) is 0.650. The first kappa shape index (κ1) is 17.3. The number of rotatable bonds is 1. The number of aryl methyl sites for hydroxylation is 2. The molecule has 0 spiro atoms. The molecule has 0 aromatic carbocycles. The van der Waals surface area contributed by atoms with Gasteiger partial charge in [0, 0.05) is 51.7 Å². The van der Waals surface area contributed by atoms with Crippen LogP contribution >= 0.6 is 0 Å². The molecule has 3 amide bonds. The maximum atomic E-state index is 13.2. The summed E-state index contributed by atoms with van der Waals surface area (Å²) in [5, 5.41) is 0. The number of amides is 3. The molecule has 1 aromatic rings. The molecule has 140 valence electrons. The van der Waals surface area contributed by atoms with E-state index >= 15 is 0 Å². The Kier molecular flexibility index (Phi) is 4.59. The summed E-state index contributed by atoms with van der Waals surface area (Å²) in [6.45, 7) is 2.13. The maximum absolute atomic E-state index is 13.2. The van der Waals surface area contributed by atoms with Gasteiger partial charge in [-0.2, -0.15) is 0 Å². The molecule has 3 aliphatic heterocycles. The summed E-state index contributed by atoms with van der Waals surface area (Å²) in [6, 6.07) is 2.22. The monoisotopic (exact) mass is 356 g/mol. The zero-order valence-corrected chi connectivity index (χ0v) is 15.8. The third-order valence-electron chi connectivity index (χ3n) is 6.04. The van der Waals surface area contributed by atoms with E-state index in [1.807, 2.05) is 9.80 Å². The van der Waals surface area contributed by atoms with Crippen molar-refractivity contribution in [2.45, 2.75) is 44.6 Å². The van der Waals surface area contributed by atoms with Gasteiger partial charge >= 0.3 is 6.03 Å². The second-order valence-electron chi connectivity index (χ2n) is 8.17. The molecule has 5 rings (SSSR count). The van der Waals surface area contributed by atoms with Gasteiger partial charge in [0.1, 0.15) is 0 Å². The van der Waals surface area contributed by atoms with Gasteiger partial charge in [-0.15, -0.1) is 0 Å². The van der Waals surface area contributed by atoms with Crippen molar-refractivity contribution in [3.63, 3.8) is 0 Å². The Morgan fingerprint density at radius 1 is 1.12 bits per heavy atom. The third kappa shape index (κ3) is 3.17.